The summed E-state index contributed by atoms with van der Waals surface area (Å²) in [5, 5.41) is 17.4. The maximum atomic E-state index is 10.7. The predicted molar refractivity (Wildman–Crippen MR) is 49.5 cm³/mol. The quantitative estimate of drug-likeness (QED) is 0.610. The van der Waals surface area contributed by atoms with E-state index in [1.165, 1.54) is 19.1 Å². The topological polar surface area (TPSA) is 101 Å². The van der Waals surface area contributed by atoms with E-state index in [0.717, 1.165) is 0 Å². The van der Waals surface area contributed by atoms with Crippen molar-refractivity contribution in [2.45, 2.75) is 6.92 Å². The van der Waals surface area contributed by atoms with Crippen molar-refractivity contribution in [2.75, 3.05) is 5.73 Å². The van der Waals surface area contributed by atoms with Gasteiger partial charge >= 0.3 is 11.9 Å². The molecular weight excluding hydrogens is 186 g/mol. The number of hydrogen-bond donors (Lipinski definition) is 3. The highest BCUT2D eigenvalue weighted by molar-refractivity contribution is 5.98. The normalized spacial score (nSPS) is 9.79. The van der Waals surface area contributed by atoms with Crippen LogP contribution in [0.1, 0.15) is 26.3 Å². The van der Waals surface area contributed by atoms with E-state index in [0.29, 0.717) is 0 Å². The van der Waals surface area contributed by atoms with Crippen LogP contribution < -0.4 is 5.73 Å². The van der Waals surface area contributed by atoms with E-state index in [-0.39, 0.29) is 22.4 Å². The van der Waals surface area contributed by atoms with Crippen molar-refractivity contribution in [3.63, 3.8) is 0 Å². The summed E-state index contributed by atoms with van der Waals surface area (Å²) in [6.07, 6.45) is 0. The second-order valence-corrected chi connectivity index (χ2v) is 2.81. The number of nitrogen functional groups attached to an aromatic ring is 1. The van der Waals surface area contributed by atoms with Crippen LogP contribution >= 0.6 is 0 Å². The van der Waals surface area contributed by atoms with Crippen LogP contribution in [0.15, 0.2) is 12.1 Å². The standard InChI is InChI=1S/C9H9NO4/c1-4-5(8(11)12)2-3-6(7(4)10)9(13)14/h2-3H,10H2,1H3,(H,11,12)(H,13,14). The maximum Gasteiger partial charge on any atom is 0.337 e. The zero-order valence-corrected chi connectivity index (χ0v) is 7.44. The van der Waals surface area contributed by atoms with Crippen molar-refractivity contribution in [3.05, 3.63) is 28.8 Å². The number of nitrogens with two attached hydrogens (primary N) is 1. The molecule has 0 unspecified atom stereocenters. The molecule has 5 nitrogen and oxygen atoms in total. The van der Waals surface area contributed by atoms with Crippen LogP contribution in [0, 0.1) is 6.92 Å². The van der Waals surface area contributed by atoms with Gasteiger partial charge in [0.05, 0.1) is 11.1 Å². The van der Waals surface area contributed by atoms with Gasteiger partial charge in [0.2, 0.25) is 0 Å². The highest BCUT2D eigenvalue weighted by Crippen LogP contribution is 2.20. The molecule has 0 bridgehead atoms. The molecule has 0 radical (unpaired) electrons. The van der Waals surface area contributed by atoms with Crippen LogP contribution in [-0.2, 0) is 0 Å². The number of rotatable bonds is 2. The maximum absolute atomic E-state index is 10.7. The van der Waals surface area contributed by atoms with Gasteiger partial charge in [0.15, 0.2) is 0 Å². The average Bonchev–Trinajstić information content (AvgIpc) is 2.08. The fraction of sp³-hybridized carbons (Fsp3) is 0.111. The fourth-order valence-corrected chi connectivity index (χ4v) is 1.15. The van der Waals surface area contributed by atoms with Crippen LogP contribution in [0.3, 0.4) is 0 Å². The van der Waals surface area contributed by atoms with E-state index >= 15 is 0 Å². The molecule has 0 aliphatic rings. The molecule has 0 fully saturated rings. The summed E-state index contributed by atoms with van der Waals surface area (Å²) in [5.74, 6) is -2.28. The Balaban J connectivity index is 3.41. The first-order valence-electron chi connectivity index (χ1n) is 3.80. The first-order chi connectivity index (χ1) is 6.45. The van der Waals surface area contributed by atoms with Crippen molar-refractivity contribution in [2.24, 2.45) is 0 Å². The van der Waals surface area contributed by atoms with Gasteiger partial charge in [0, 0.05) is 5.69 Å². The van der Waals surface area contributed by atoms with E-state index in [2.05, 4.69) is 0 Å². The van der Waals surface area contributed by atoms with Crippen molar-refractivity contribution in [1.29, 1.82) is 0 Å². The summed E-state index contributed by atoms with van der Waals surface area (Å²) in [4.78, 5) is 21.3. The minimum atomic E-state index is -1.16. The lowest BCUT2D eigenvalue weighted by molar-refractivity contribution is 0.0681. The fourth-order valence-electron chi connectivity index (χ4n) is 1.15. The number of benzene rings is 1. The molecule has 1 aromatic rings. The largest absolute Gasteiger partial charge is 0.478 e. The molecule has 0 aliphatic heterocycles. The van der Waals surface area contributed by atoms with E-state index in [1.807, 2.05) is 0 Å². The third kappa shape index (κ3) is 1.52. The molecule has 0 aromatic heterocycles. The molecule has 74 valence electrons. The minimum absolute atomic E-state index is 0.00241. The summed E-state index contributed by atoms with van der Waals surface area (Å²) >= 11 is 0. The highest BCUT2D eigenvalue weighted by Gasteiger charge is 2.15. The number of carboxylic acids is 2. The monoisotopic (exact) mass is 195 g/mol. The summed E-state index contributed by atoms with van der Waals surface area (Å²) in [7, 11) is 0. The zero-order chi connectivity index (χ0) is 10.9. The van der Waals surface area contributed by atoms with Gasteiger partial charge in [-0.05, 0) is 24.6 Å². The van der Waals surface area contributed by atoms with Crippen LogP contribution in [0.2, 0.25) is 0 Å². The van der Waals surface area contributed by atoms with E-state index in [9.17, 15) is 9.59 Å². The highest BCUT2D eigenvalue weighted by atomic mass is 16.4. The zero-order valence-electron chi connectivity index (χ0n) is 7.44. The van der Waals surface area contributed by atoms with Crippen molar-refractivity contribution >= 4 is 17.6 Å². The Bertz CT molecular complexity index is 373. The van der Waals surface area contributed by atoms with Crippen LogP contribution in [0.25, 0.3) is 0 Å². The van der Waals surface area contributed by atoms with E-state index in [4.69, 9.17) is 15.9 Å². The summed E-state index contributed by atoms with van der Waals surface area (Å²) < 4.78 is 0. The van der Waals surface area contributed by atoms with E-state index < -0.39 is 11.9 Å². The molecular formula is C9H9NO4. The van der Waals surface area contributed by atoms with Gasteiger partial charge in [-0.15, -0.1) is 0 Å². The lowest BCUT2D eigenvalue weighted by atomic mass is 10.0. The molecule has 14 heavy (non-hydrogen) atoms. The number of hydrogen-bond acceptors (Lipinski definition) is 3. The van der Waals surface area contributed by atoms with Crippen LogP contribution in [0.5, 0.6) is 0 Å². The Morgan fingerprint density at radius 3 is 2.00 bits per heavy atom. The molecule has 4 N–H and O–H groups in total. The first kappa shape index (κ1) is 10.0. The van der Waals surface area contributed by atoms with Crippen molar-refractivity contribution in [3.8, 4) is 0 Å². The van der Waals surface area contributed by atoms with Gasteiger partial charge in [0.1, 0.15) is 0 Å². The molecule has 0 saturated heterocycles. The number of carboxylic acid groups (broad SMARTS) is 2. The summed E-state index contributed by atoms with van der Waals surface area (Å²) in [6.45, 7) is 1.48. The molecule has 1 aromatic carbocycles. The minimum Gasteiger partial charge on any atom is -0.478 e. The molecule has 0 amide bonds. The molecule has 0 saturated carbocycles. The third-order valence-electron chi connectivity index (χ3n) is 1.98. The smallest absolute Gasteiger partial charge is 0.337 e. The lowest BCUT2D eigenvalue weighted by Crippen LogP contribution is -2.08. The number of carbonyl (C=O) groups is 2. The van der Waals surface area contributed by atoms with Crippen molar-refractivity contribution in [1.82, 2.24) is 0 Å². The van der Waals surface area contributed by atoms with Gasteiger partial charge < -0.3 is 15.9 Å². The third-order valence-corrected chi connectivity index (χ3v) is 1.98. The second-order valence-electron chi connectivity index (χ2n) is 2.81. The van der Waals surface area contributed by atoms with Gasteiger partial charge in [0.25, 0.3) is 0 Å². The van der Waals surface area contributed by atoms with Gasteiger partial charge in [-0.2, -0.15) is 0 Å². The Morgan fingerprint density at radius 2 is 1.57 bits per heavy atom. The van der Waals surface area contributed by atoms with Crippen LogP contribution in [0.4, 0.5) is 5.69 Å². The van der Waals surface area contributed by atoms with Gasteiger partial charge in [-0.25, -0.2) is 9.59 Å². The van der Waals surface area contributed by atoms with Gasteiger partial charge in [-0.1, -0.05) is 0 Å². The average molecular weight is 195 g/mol. The Morgan fingerprint density at radius 1 is 1.14 bits per heavy atom. The number of anilines is 1. The predicted octanol–water partition coefficient (Wildman–Crippen LogP) is 0.974. The Hall–Kier alpha value is -2.04. The SMILES string of the molecule is Cc1c(C(=O)O)ccc(C(=O)O)c1N. The Kier molecular flexibility index (Phi) is 2.42. The molecule has 5 heteroatoms. The van der Waals surface area contributed by atoms with Crippen LogP contribution in [-0.4, -0.2) is 22.2 Å². The van der Waals surface area contributed by atoms with Gasteiger partial charge in [-0.3, -0.25) is 0 Å². The summed E-state index contributed by atoms with van der Waals surface area (Å²) in [6, 6.07) is 2.42. The number of aromatic carboxylic acids is 2. The molecule has 0 aliphatic carbocycles. The summed E-state index contributed by atoms with van der Waals surface area (Å²) in [5.41, 5.74) is 5.70. The Labute approximate surface area is 79.8 Å². The molecule has 1 rings (SSSR count). The molecule has 0 spiro atoms. The molecule has 0 atom stereocenters. The first-order valence-corrected chi connectivity index (χ1v) is 3.80. The van der Waals surface area contributed by atoms with E-state index in [1.54, 1.807) is 0 Å². The molecule has 0 heterocycles. The second kappa shape index (κ2) is 3.37. The lowest BCUT2D eigenvalue weighted by Gasteiger charge is -2.07. The van der Waals surface area contributed by atoms with Crippen molar-refractivity contribution < 1.29 is 19.8 Å².